The fourth-order valence-corrected chi connectivity index (χ4v) is 12.0. The molecule has 9 aromatic rings. The lowest BCUT2D eigenvalue weighted by atomic mass is 9.43. The van der Waals surface area contributed by atoms with E-state index in [9.17, 15) is 0 Å². The average Bonchev–Trinajstić information content (AvgIpc) is 3.79. The molecule has 7 aromatic carbocycles. The first-order valence-electron chi connectivity index (χ1n) is 20.3. The molecule has 0 radical (unpaired) electrons. The van der Waals surface area contributed by atoms with Crippen LogP contribution in [0.5, 0.6) is 0 Å². The minimum absolute atomic E-state index is 0.0454. The van der Waals surface area contributed by atoms with Crippen molar-refractivity contribution in [2.75, 3.05) is 9.71 Å². The summed E-state index contributed by atoms with van der Waals surface area (Å²) in [5.74, 6) is 0. The third-order valence-electron chi connectivity index (χ3n) is 13.8. The Hall–Kier alpha value is -5.85. The molecule has 13 rings (SSSR count). The summed E-state index contributed by atoms with van der Waals surface area (Å²) < 4.78 is 14.0. The van der Waals surface area contributed by atoms with E-state index in [-0.39, 0.29) is 17.7 Å². The molecule has 4 nitrogen and oxygen atoms in total. The van der Waals surface area contributed by atoms with Crippen molar-refractivity contribution in [3.05, 3.63) is 138 Å². The molecule has 57 heavy (non-hydrogen) atoms. The third-order valence-corrected chi connectivity index (χ3v) is 14.9. The predicted octanol–water partition coefficient (Wildman–Crippen LogP) is 13.3. The maximum absolute atomic E-state index is 7.11. The summed E-state index contributed by atoms with van der Waals surface area (Å²) in [4.78, 5) is 7.74. The number of aryl methyl sites for hydroxylation is 1. The summed E-state index contributed by atoms with van der Waals surface area (Å²) in [5, 5.41) is 4.61. The molecule has 6 heteroatoms. The third kappa shape index (κ3) is 4.06. The van der Waals surface area contributed by atoms with Crippen molar-refractivity contribution in [1.29, 1.82) is 0 Å². The van der Waals surface area contributed by atoms with E-state index in [0.717, 1.165) is 56.3 Å². The van der Waals surface area contributed by atoms with Crippen molar-refractivity contribution in [3.63, 3.8) is 0 Å². The monoisotopic (exact) mass is 754 g/mol. The van der Waals surface area contributed by atoms with Crippen LogP contribution in [0.1, 0.15) is 57.2 Å². The molecule has 5 heterocycles. The molecule has 0 bridgehead atoms. The summed E-state index contributed by atoms with van der Waals surface area (Å²) >= 11 is 1.87. The Bertz CT molecular complexity index is 3280. The number of rotatable bonds is 1. The summed E-state index contributed by atoms with van der Waals surface area (Å²) in [7, 11) is 0. The minimum Gasteiger partial charge on any atom is -0.456 e. The van der Waals surface area contributed by atoms with Crippen molar-refractivity contribution in [2.45, 2.75) is 68.1 Å². The van der Waals surface area contributed by atoms with Gasteiger partial charge in [0.15, 0.2) is 0 Å². The molecule has 0 spiro atoms. The molecule has 0 saturated carbocycles. The lowest BCUT2D eigenvalue weighted by Gasteiger charge is -2.48. The number of benzene rings is 7. The smallest absolute Gasteiger partial charge is 0.337 e. The normalized spacial score (nSPS) is 16.8. The molecule has 0 amide bonds. The van der Waals surface area contributed by atoms with Gasteiger partial charge in [0, 0.05) is 71.2 Å². The number of para-hydroxylation sites is 4. The zero-order valence-corrected chi connectivity index (χ0v) is 33.5. The lowest BCUT2D eigenvalue weighted by Crippen LogP contribution is -2.62. The van der Waals surface area contributed by atoms with Gasteiger partial charge < -0.3 is 18.5 Å². The molecule has 1 aliphatic carbocycles. The number of hydrogen-bond acceptors (Lipinski definition) is 5. The highest BCUT2D eigenvalue weighted by molar-refractivity contribution is 7.99. The number of furan rings is 2. The van der Waals surface area contributed by atoms with Gasteiger partial charge in [0.05, 0.1) is 5.69 Å². The molecule has 2 aromatic heterocycles. The zero-order chi connectivity index (χ0) is 38.1. The van der Waals surface area contributed by atoms with Crippen LogP contribution in [0.3, 0.4) is 0 Å². The van der Waals surface area contributed by atoms with Gasteiger partial charge in [-0.15, -0.1) is 0 Å². The predicted molar refractivity (Wildman–Crippen MR) is 239 cm³/mol. The Morgan fingerprint density at radius 3 is 2.11 bits per heavy atom. The molecular formula is C51H39BN2O2S. The summed E-state index contributed by atoms with van der Waals surface area (Å²) in [6.07, 6.45) is 2.33. The van der Waals surface area contributed by atoms with Crippen molar-refractivity contribution in [3.8, 4) is 11.1 Å². The largest absolute Gasteiger partial charge is 0.456 e. The Morgan fingerprint density at radius 1 is 0.579 bits per heavy atom. The second kappa shape index (κ2) is 10.8. The lowest BCUT2D eigenvalue weighted by molar-refractivity contribution is 0.332. The van der Waals surface area contributed by atoms with Gasteiger partial charge in [-0.1, -0.05) is 106 Å². The van der Waals surface area contributed by atoms with Crippen molar-refractivity contribution < 1.29 is 8.83 Å². The summed E-state index contributed by atoms with van der Waals surface area (Å²) in [6, 6.07) is 44.9. The van der Waals surface area contributed by atoms with Crippen LogP contribution in [0.4, 0.5) is 28.4 Å². The van der Waals surface area contributed by atoms with Crippen LogP contribution in [-0.4, -0.2) is 6.85 Å². The zero-order valence-electron chi connectivity index (χ0n) is 32.7. The SMILES string of the molecule is Cc1cc2c(cc1N1c3cc4oc5ccccc5c4c4c3B(c3c1ccc1c3oc3ccccc31)N1c3ccccc3Sc3cccc-4c31)C(C)(C)CCC2(C)C. The highest BCUT2D eigenvalue weighted by Crippen LogP contribution is 2.58. The van der Waals surface area contributed by atoms with Crippen molar-refractivity contribution in [2.24, 2.45) is 0 Å². The van der Waals surface area contributed by atoms with E-state index < -0.39 is 0 Å². The van der Waals surface area contributed by atoms with Crippen LogP contribution < -0.4 is 20.6 Å². The molecule has 3 aliphatic heterocycles. The van der Waals surface area contributed by atoms with Crippen molar-refractivity contribution in [1.82, 2.24) is 0 Å². The first-order valence-corrected chi connectivity index (χ1v) is 21.1. The van der Waals surface area contributed by atoms with E-state index in [2.05, 4.69) is 166 Å². The summed E-state index contributed by atoms with van der Waals surface area (Å²) in [5.41, 5.74) is 19.0. The van der Waals surface area contributed by atoms with Gasteiger partial charge in [-0.05, 0) is 107 Å². The fraction of sp³-hybridized carbons (Fsp3) is 0.176. The quantitative estimate of drug-likeness (QED) is 0.156. The van der Waals surface area contributed by atoms with Crippen LogP contribution >= 0.6 is 11.8 Å². The second-order valence-corrected chi connectivity index (χ2v) is 19.0. The molecule has 274 valence electrons. The molecule has 0 atom stereocenters. The molecule has 4 aliphatic rings. The van der Waals surface area contributed by atoms with Crippen LogP contribution in [-0.2, 0) is 10.8 Å². The first-order chi connectivity index (χ1) is 27.7. The molecule has 0 saturated heterocycles. The minimum atomic E-state index is -0.174. The second-order valence-electron chi connectivity index (χ2n) is 17.9. The van der Waals surface area contributed by atoms with Crippen LogP contribution in [0.2, 0.25) is 0 Å². The number of hydrogen-bond donors (Lipinski definition) is 0. The van der Waals surface area contributed by atoms with Gasteiger partial charge in [0.1, 0.15) is 22.3 Å². The average molecular weight is 755 g/mol. The standard InChI is InChI=1S/C51H39BN2O2S/c1-28-25-33-34(51(4,5)24-23-50(33,2)3)26-37(28)53-36-22-21-30-29-13-6-9-17-39(29)56-49(30)47(36)52-46-38(53)27-41-44(31-14-7-10-18-40(31)55-41)45(46)32-15-12-20-43-48(32)54(52)35-16-8-11-19-42(35)57-43/h6-22,25-27H,23-24H2,1-5H3. The van der Waals surface area contributed by atoms with Gasteiger partial charge >= 0.3 is 6.85 Å². The van der Waals surface area contributed by atoms with Gasteiger partial charge in [-0.2, -0.15) is 0 Å². The Labute approximate surface area is 336 Å². The first kappa shape index (κ1) is 32.3. The maximum atomic E-state index is 7.11. The Morgan fingerprint density at radius 2 is 1.28 bits per heavy atom. The highest BCUT2D eigenvalue weighted by Gasteiger charge is 2.50. The Balaban J connectivity index is 1.24. The Kier molecular flexibility index (Phi) is 6.09. The van der Waals surface area contributed by atoms with E-state index in [0.29, 0.717) is 0 Å². The van der Waals surface area contributed by atoms with Gasteiger partial charge in [-0.3, -0.25) is 0 Å². The number of nitrogens with zero attached hydrogens (tertiary/aromatic N) is 2. The molecule has 0 N–H and O–H groups in total. The van der Waals surface area contributed by atoms with Crippen LogP contribution in [0.25, 0.3) is 55.0 Å². The van der Waals surface area contributed by atoms with Crippen LogP contribution in [0, 0.1) is 6.92 Å². The molecule has 0 unspecified atom stereocenters. The van der Waals surface area contributed by atoms with Gasteiger partial charge in [0.25, 0.3) is 0 Å². The molecular weight excluding hydrogens is 715 g/mol. The number of fused-ring (bicyclic) bond motifs is 15. The van der Waals surface area contributed by atoms with E-state index >= 15 is 0 Å². The van der Waals surface area contributed by atoms with E-state index in [1.54, 1.807) is 0 Å². The van der Waals surface area contributed by atoms with E-state index in [1.165, 1.54) is 77.4 Å². The maximum Gasteiger partial charge on any atom is 0.337 e. The summed E-state index contributed by atoms with van der Waals surface area (Å²) in [6.45, 7) is 11.8. The van der Waals surface area contributed by atoms with Gasteiger partial charge in [-0.25, -0.2) is 0 Å². The fourth-order valence-electron chi connectivity index (χ4n) is 10.9. The topological polar surface area (TPSA) is 32.8 Å². The molecule has 0 fully saturated rings. The van der Waals surface area contributed by atoms with E-state index in [1.807, 2.05) is 11.8 Å². The number of anilines is 5. The van der Waals surface area contributed by atoms with Crippen molar-refractivity contribution >= 4 is 102 Å². The van der Waals surface area contributed by atoms with Crippen LogP contribution in [0.15, 0.2) is 140 Å². The highest BCUT2D eigenvalue weighted by atomic mass is 32.2. The van der Waals surface area contributed by atoms with Gasteiger partial charge in [0.2, 0.25) is 0 Å². The van der Waals surface area contributed by atoms with E-state index in [4.69, 9.17) is 8.83 Å².